The molecule has 0 aliphatic carbocycles. The summed E-state index contributed by atoms with van der Waals surface area (Å²) in [7, 11) is 1.73. The number of H-pyrrole nitrogens is 1. The van der Waals surface area contributed by atoms with Crippen molar-refractivity contribution in [1.82, 2.24) is 24.8 Å². The molecule has 1 fully saturated rings. The molecule has 1 saturated heterocycles. The second kappa shape index (κ2) is 7.06. The van der Waals surface area contributed by atoms with Crippen LogP contribution in [0.4, 0.5) is 5.82 Å². The second-order valence-corrected chi connectivity index (χ2v) is 6.33. The number of ether oxygens (including phenoxy) is 1. The molecule has 1 aliphatic rings. The molecule has 0 atom stereocenters. The second-order valence-electron chi connectivity index (χ2n) is 6.33. The Morgan fingerprint density at radius 3 is 2.88 bits per heavy atom. The van der Waals surface area contributed by atoms with E-state index in [0.29, 0.717) is 11.7 Å². The molecule has 3 heterocycles. The van der Waals surface area contributed by atoms with E-state index in [9.17, 15) is 0 Å². The summed E-state index contributed by atoms with van der Waals surface area (Å²) in [5.41, 5.74) is 2.82. The Balaban J connectivity index is 1.36. The molecule has 1 aliphatic heterocycles. The zero-order chi connectivity index (χ0) is 17.1. The number of benzene rings is 1. The summed E-state index contributed by atoms with van der Waals surface area (Å²) in [6, 6.07) is 8.65. The van der Waals surface area contributed by atoms with Gasteiger partial charge in [-0.15, -0.1) is 0 Å². The van der Waals surface area contributed by atoms with E-state index in [1.807, 2.05) is 12.1 Å². The van der Waals surface area contributed by atoms with Crippen LogP contribution in [0.15, 0.2) is 36.9 Å². The number of aromatic nitrogens is 4. The van der Waals surface area contributed by atoms with Crippen molar-refractivity contribution < 1.29 is 4.74 Å². The van der Waals surface area contributed by atoms with Crippen LogP contribution in [0.1, 0.15) is 18.4 Å². The molecule has 7 heteroatoms. The predicted molar refractivity (Wildman–Crippen MR) is 96.6 cm³/mol. The normalized spacial score (nSPS) is 16.2. The summed E-state index contributed by atoms with van der Waals surface area (Å²) < 4.78 is 5.46. The number of methoxy groups -OCH3 is 1. The number of para-hydroxylation sites is 1. The molecule has 0 unspecified atom stereocenters. The number of aromatic amines is 1. The first-order chi connectivity index (χ1) is 12.3. The van der Waals surface area contributed by atoms with E-state index in [0.717, 1.165) is 49.6 Å². The molecular formula is C18H22N6O. The Morgan fingerprint density at radius 2 is 2.04 bits per heavy atom. The minimum atomic E-state index is 0.412. The van der Waals surface area contributed by atoms with Gasteiger partial charge in [-0.3, -0.25) is 4.90 Å². The number of imidazole rings is 1. The summed E-state index contributed by atoms with van der Waals surface area (Å²) in [5.74, 6) is 1.80. The molecule has 0 radical (unpaired) electrons. The summed E-state index contributed by atoms with van der Waals surface area (Å²) in [4.78, 5) is 18.3. The van der Waals surface area contributed by atoms with E-state index in [2.05, 4.69) is 42.3 Å². The fourth-order valence-corrected chi connectivity index (χ4v) is 3.38. The fourth-order valence-electron chi connectivity index (χ4n) is 3.38. The Labute approximate surface area is 146 Å². The van der Waals surface area contributed by atoms with Gasteiger partial charge in [-0.2, -0.15) is 0 Å². The van der Waals surface area contributed by atoms with E-state index in [4.69, 9.17) is 4.74 Å². The summed E-state index contributed by atoms with van der Waals surface area (Å²) in [6.07, 6.45) is 5.37. The van der Waals surface area contributed by atoms with Crippen molar-refractivity contribution in [2.24, 2.45) is 0 Å². The monoisotopic (exact) mass is 338 g/mol. The highest BCUT2D eigenvalue weighted by Crippen LogP contribution is 2.23. The van der Waals surface area contributed by atoms with Gasteiger partial charge in [0, 0.05) is 31.2 Å². The standard InChI is InChI=1S/C18H22N6O/c1-25-15-5-3-2-4-13(15)10-24-8-6-14(7-9-24)23-18-16-17(20-11-19-16)21-12-22-18/h2-5,11-12,14H,6-10H2,1H3,(H2,19,20,21,22,23). The number of hydrogen-bond acceptors (Lipinski definition) is 6. The first-order valence-corrected chi connectivity index (χ1v) is 8.58. The van der Waals surface area contributed by atoms with Crippen LogP contribution in [-0.4, -0.2) is 51.1 Å². The third-order valence-corrected chi connectivity index (χ3v) is 4.74. The lowest BCUT2D eigenvalue weighted by atomic mass is 10.0. The van der Waals surface area contributed by atoms with Crippen LogP contribution >= 0.6 is 0 Å². The van der Waals surface area contributed by atoms with Gasteiger partial charge in [0.15, 0.2) is 11.5 Å². The van der Waals surface area contributed by atoms with E-state index in [-0.39, 0.29) is 0 Å². The highest BCUT2D eigenvalue weighted by atomic mass is 16.5. The average molecular weight is 338 g/mol. The van der Waals surface area contributed by atoms with Gasteiger partial charge in [0.2, 0.25) is 0 Å². The molecule has 1 aromatic carbocycles. The molecular weight excluding hydrogens is 316 g/mol. The highest BCUT2D eigenvalue weighted by molar-refractivity contribution is 5.82. The Bertz CT molecular complexity index is 840. The van der Waals surface area contributed by atoms with Crippen LogP contribution in [0.5, 0.6) is 5.75 Å². The highest BCUT2D eigenvalue weighted by Gasteiger charge is 2.21. The summed E-state index contributed by atoms with van der Waals surface area (Å²) in [6.45, 7) is 3.02. The van der Waals surface area contributed by atoms with Gasteiger partial charge >= 0.3 is 0 Å². The van der Waals surface area contributed by atoms with Crippen LogP contribution in [-0.2, 0) is 6.54 Å². The third kappa shape index (κ3) is 3.41. The van der Waals surface area contributed by atoms with E-state index >= 15 is 0 Å². The maximum Gasteiger partial charge on any atom is 0.182 e. The van der Waals surface area contributed by atoms with Gasteiger partial charge in [0.05, 0.1) is 13.4 Å². The number of likely N-dealkylation sites (tertiary alicyclic amines) is 1. The Hall–Kier alpha value is -2.67. The van der Waals surface area contributed by atoms with Gasteiger partial charge in [0.1, 0.15) is 17.6 Å². The minimum absolute atomic E-state index is 0.412. The van der Waals surface area contributed by atoms with Crippen LogP contribution in [0.2, 0.25) is 0 Å². The Morgan fingerprint density at radius 1 is 1.20 bits per heavy atom. The zero-order valence-electron chi connectivity index (χ0n) is 14.3. The lowest BCUT2D eigenvalue weighted by Gasteiger charge is -2.32. The topological polar surface area (TPSA) is 79.0 Å². The number of hydrogen-bond donors (Lipinski definition) is 2. The maximum atomic E-state index is 5.46. The third-order valence-electron chi connectivity index (χ3n) is 4.74. The quantitative estimate of drug-likeness (QED) is 0.744. The van der Waals surface area contributed by atoms with Crippen molar-refractivity contribution in [3.8, 4) is 5.75 Å². The van der Waals surface area contributed by atoms with Crippen molar-refractivity contribution in [3.63, 3.8) is 0 Å². The zero-order valence-corrected chi connectivity index (χ0v) is 14.3. The lowest BCUT2D eigenvalue weighted by molar-refractivity contribution is 0.209. The summed E-state index contributed by atoms with van der Waals surface area (Å²) >= 11 is 0. The molecule has 25 heavy (non-hydrogen) atoms. The first-order valence-electron chi connectivity index (χ1n) is 8.58. The van der Waals surface area contributed by atoms with Gasteiger partial charge in [-0.25, -0.2) is 15.0 Å². The van der Waals surface area contributed by atoms with Gasteiger partial charge in [0.25, 0.3) is 0 Å². The lowest BCUT2D eigenvalue weighted by Crippen LogP contribution is -2.38. The number of rotatable bonds is 5. The van der Waals surface area contributed by atoms with E-state index in [1.54, 1.807) is 19.8 Å². The van der Waals surface area contributed by atoms with E-state index in [1.165, 1.54) is 5.56 Å². The maximum absolute atomic E-state index is 5.46. The molecule has 2 N–H and O–H groups in total. The first kappa shape index (κ1) is 15.8. The number of fused-ring (bicyclic) bond motifs is 1. The minimum Gasteiger partial charge on any atom is -0.496 e. The van der Waals surface area contributed by atoms with Crippen molar-refractivity contribution in [2.75, 3.05) is 25.5 Å². The van der Waals surface area contributed by atoms with Crippen LogP contribution < -0.4 is 10.1 Å². The number of nitrogens with one attached hydrogen (secondary N) is 2. The number of anilines is 1. The van der Waals surface area contributed by atoms with Crippen molar-refractivity contribution in [2.45, 2.75) is 25.4 Å². The fraction of sp³-hybridized carbons (Fsp3) is 0.389. The van der Waals surface area contributed by atoms with Gasteiger partial charge < -0.3 is 15.0 Å². The molecule has 0 bridgehead atoms. The van der Waals surface area contributed by atoms with Crippen LogP contribution in [0.3, 0.4) is 0 Å². The van der Waals surface area contributed by atoms with E-state index < -0.39 is 0 Å². The van der Waals surface area contributed by atoms with Gasteiger partial charge in [-0.1, -0.05) is 18.2 Å². The van der Waals surface area contributed by atoms with Crippen LogP contribution in [0.25, 0.3) is 11.2 Å². The van der Waals surface area contributed by atoms with Crippen LogP contribution in [0, 0.1) is 0 Å². The molecule has 0 amide bonds. The Kier molecular flexibility index (Phi) is 4.47. The molecule has 130 valence electrons. The summed E-state index contributed by atoms with van der Waals surface area (Å²) in [5, 5.41) is 3.54. The van der Waals surface area contributed by atoms with Crippen molar-refractivity contribution in [3.05, 3.63) is 42.5 Å². The average Bonchev–Trinajstić information content (AvgIpc) is 3.14. The molecule has 7 nitrogen and oxygen atoms in total. The molecule has 2 aromatic heterocycles. The number of piperidine rings is 1. The largest absolute Gasteiger partial charge is 0.496 e. The molecule has 3 aromatic rings. The van der Waals surface area contributed by atoms with Gasteiger partial charge in [-0.05, 0) is 18.9 Å². The molecule has 0 spiro atoms. The van der Waals surface area contributed by atoms with Crippen molar-refractivity contribution in [1.29, 1.82) is 0 Å². The molecule has 4 rings (SSSR count). The SMILES string of the molecule is COc1ccccc1CN1CCC(Nc2ncnc3nc[nH]c23)CC1. The van der Waals surface area contributed by atoms with Crippen molar-refractivity contribution >= 4 is 17.0 Å². The number of nitrogens with zero attached hydrogens (tertiary/aromatic N) is 4. The smallest absolute Gasteiger partial charge is 0.182 e. The molecule has 0 saturated carbocycles. The predicted octanol–water partition coefficient (Wildman–Crippen LogP) is 2.44.